The van der Waals surface area contributed by atoms with Gasteiger partial charge in [0.1, 0.15) is 0 Å². The van der Waals surface area contributed by atoms with Crippen LogP contribution in [0.25, 0.3) is 0 Å². The number of rotatable bonds is 4. The van der Waals surface area contributed by atoms with Crippen molar-refractivity contribution in [2.45, 2.75) is 25.2 Å². The van der Waals surface area contributed by atoms with Crippen molar-refractivity contribution in [3.63, 3.8) is 0 Å². The Morgan fingerprint density at radius 2 is 1.60 bits per heavy atom. The molecule has 3 nitrogen and oxygen atoms in total. The molecule has 0 radical (unpaired) electrons. The molecular weight excluding hydrogens is 399 g/mol. The number of amides is 1. The molecule has 0 aliphatic heterocycles. The second-order valence-corrected chi connectivity index (χ2v) is 6.72. The lowest BCUT2D eigenvalue weighted by atomic mass is 9.89. The summed E-state index contributed by atoms with van der Waals surface area (Å²) in [6.07, 6.45) is -4.66. The van der Waals surface area contributed by atoms with Crippen LogP contribution in [0.2, 0.25) is 0 Å². The van der Waals surface area contributed by atoms with Crippen molar-refractivity contribution in [3.05, 3.63) is 69.7 Å². The number of nitrogens with zero attached hydrogens (tertiary/aromatic N) is 1. The molecule has 0 saturated heterocycles. The van der Waals surface area contributed by atoms with Gasteiger partial charge in [-0.05, 0) is 24.6 Å². The van der Waals surface area contributed by atoms with Crippen molar-refractivity contribution >= 4 is 21.8 Å². The molecule has 0 aliphatic carbocycles. The van der Waals surface area contributed by atoms with Gasteiger partial charge >= 0.3 is 6.18 Å². The minimum Gasteiger partial charge on any atom is -0.376 e. The van der Waals surface area contributed by atoms with Gasteiger partial charge in [0.25, 0.3) is 5.91 Å². The summed E-state index contributed by atoms with van der Waals surface area (Å²) >= 11 is 3.36. The molecule has 2 rings (SSSR count). The predicted octanol–water partition coefficient (Wildman–Crippen LogP) is 4.33. The van der Waals surface area contributed by atoms with Crippen molar-refractivity contribution in [1.82, 2.24) is 4.90 Å². The normalized spacial score (nSPS) is 14.0. The van der Waals surface area contributed by atoms with Crippen LogP contribution in [-0.4, -0.2) is 23.0 Å². The smallest absolute Gasteiger partial charge is 0.376 e. The third-order valence-electron chi connectivity index (χ3n) is 3.89. The predicted molar refractivity (Wildman–Crippen MR) is 91.6 cm³/mol. The molecule has 7 heteroatoms. The maximum Gasteiger partial charge on any atom is 0.416 e. The van der Waals surface area contributed by atoms with Gasteiger partial charge in [-0.1, -0.05) is 52.3 Å². The summed E-state index contributed by atoms with van der Waals surface area (Å²) < 4.78 is 40.4. The Hall–Kier alpha value is -1.86. The van der Waals surface area contributed by atoms with Crippen LogP contribution in [-0.2, 0) is 23.1 Å². The number of hydrogen-bond acceptors (Lipinski definition) is 2. The van der Waals surface area contributed by atoms with Gasteiger partial charge in [-0.2, -0.15) is 13.2 Å². The first-order chi connectivity index (χ1) is 11.5. The van der Waals surface area contributed by atoms with Gasteiger partial charge in [-0.15, -0.1) is 0 Å². The summed E-state index contributed by atoms with van der Waals surface area (Å²) in [6.45, 7) is 1.22. The molecule has 1 atom stereocenters. The quantitative estimate of drug-likeness (QED) is 0.806. The molecule has 0 bridgehead atoms. The number of aliphatic hydroxyl groups is 1. The minimum absolute atomic E-state index is 0.143. The van der Waals surface area contributed by atoms with Crippen LogP contribution >= 0.6 is 15.9 Å². The second kappa shape index (κ2) is 7.17. The van der Waals surface area contributed by atoms with Gasteiger partial charge in [0, 0.05) is 23.6 Å². The van der Waals surface area contributed by atoms with Crippen LogP contribution in [0, 0.1) is 0 Å². The maximum absolute atomic E-state index is 13.2. The van der Waals surface area contributed by atoms with E-state index in [2.05, 4.69) is 15.9 Å². The first-order valence-corrected chi connectivity index (χ1v) is 8.22. The summed E-state index contributed by atoms with van der Waals surface area (Å²) in [5.74, 6) is -0.819. The Morgan fingerprint density at radius 1 is 1.08 bits per heavy atom. The summed E-state index contributed by atoms with van der Waals surface area (Å²) in [5.41, 5.74) is -3.02. The largest absolute Gasteiger partial charge is 0.416 e. The molecule has 25 heavy (non-hydrogen) atoms. The number of carbonyl (C=O) groups is 1. The zero-order valence-corrected chi connectivity index (χ0v) is 15.2. The highest BCUT2D eigenvalue weighted by Gasteiger charge is 2.43. The van der Waals surface area contributed by atoms with Crippen molar-refractivity contribution < 1.29 is 23.1 Å². The van der Waals surface area contributed by atoms with Gasteiger partial charge in [-0.25, -0.2) is 0 Å². The van der Waals surface area contributed by atoms with Gasteiger partial charge in [-0.3, -0.25) is 4.79 Å². The fourth-order valence-corrected chi connectivity index (χ4v) is 3.01. The Balaban J connectivity index is 2.33. The molecule has 1 N–H and O–H groups in total. The van der Waals surface area contributed by atoms with E-state index >= 15 is 0 Å². The third-order valence-corrected chi connectivity index (χ3v) is 4.66. The summed E-state index contributed by atoms with van der Waals surface area (Å²) in [7, 11) is 1.44. The molecule has 0 unspecified atom stereocenters. The Kier molecular flexibility index (Phi) is 5.58. The van der Waals surface area contributed by atoms with E-state index in [0.29, 0.717) is 0 Å². The zero-order chi connectivity index (χ0) is 18.8. The van der Waals surface area contributed by atoms with Gasteiger partial charge in [0.15, 0.2) is 5.60 Å². The molecule has 134 valence electrons. The van der Waals surface area contributed by atoms with Crippen LogP contribution in [0.4, 0.5) is 13.2 Å². The number of halogens is 4. The zero-order valence-electron chi connectivity index (χ0n) is 13.6. The highest BCUT2D eigenvalue weighted by molar-refractivity contribution is 9.10. The fourth-order valence-electron chi connectivity index (χ4n) is 2.60. The lowest BCUT2D eigenvalue weighted by molar-refractivity contribution is -0.153. The number of likely N-dealkylation sites (N-methyl/N-ethyl adjacent to an activating group) is 1. The van der Waals surface area contributed by atoms with E-state index in [9.17, 15) is 23.1 Å². The standard InChI is InChI=1S/C18H17BrF3NO2/c1-17(25,13-8-4-5-9-14(13)18(20,21)22)16(24)23(2)11-12-7-3-6-10-15(12)19/h3-10,25H,11H2,1-2H3/t17-/m0/s1. The summed E-state index contributed by atoms with van der Waals surface area (Å²) in [4.78, 5) is 13.9. The number of benzene rings is 2. The first kappa shape index (κ1) is 19.5. The lowest BCUT2D eigenvalue weighted by Gasteiger charge is -2.30. The highest BCUT2D eigenvalue weighted by atomic mass is 79.9. The third kappa shape index (κ3) is 4.22. The summed E-state index contributed by atoms with van der Waals surface area (Å²) in [6, 6.07) is 11.7. The highest BCUT2D eigenvalue weighted by Crippen LogP contribution is 2.37. The van der Waals surface area contributed by atoms with Gasteiger partial charge in [0.2, 0.25) is 0 Å². The maximum atomic E-state index is 13.2. The molecule has 0 heterocycles. The van der Waals surface area contributed by atoms with Crippen LogP contribution in [0.15, 0.2) is 53.0 Å². The van der Waals surface area contributed by atoms with E-state index in [0.717, 1.165) is 29.1 Å². The van der Waals surface area contributed by atoms with Crippen LogP contribution in [0.1, 0.15) is 23.6 Å². The molecule has 2 aromatic carbocycles. The van der Waals surface area contributed by atoms with E-state index in [1.165, 1.54) is 24.1 Å². The van der Waals surface area contributed by atoms with E-state index in [4.69, 9.17) is 0 Å². The van der Waals surface area contributed by atoms with Crippen molar-refractivity contribution in [2.24, 2.45) is 0 Å². The van der Waals surface area contributed by atoms with E-state index in [1.54, 1.807) is 18.2 Å². The average Bonchev–Trinajstić information content (AvgIpc) is 2.55. The monoisotopic (exact) mass is 415 g/mol. The van der Waals surface area contributed by atoms with Crippen molar-refractivity contribution in [3.8, 4) is 0 Å². The summed E-state index contributed by atoms with van der Waals surface area (Å²) in [5, 5.41) is 10.6. The number of hydrogen-bond donors (Lipinski definition) is 1. The average molecular weight is 416 g/mol. The number of alkyl halides is 3. The van der Waals surface area contributed by atoms with E-state index < -0.39 is 28.8 Å². The minimum atomic E-state index is -4.66. The van der Waals surface area contributed by atoms with Crippen LogP contribution in [0.3, 0.4) is 0 Å². The van der Waals surface area contributed by atoms with E-state index in [-0.39, 0.29) is 6.54 Å². The topological polar surface area (TPSA) is 40.5 Å². The Bertz CT molecular complexity index is 775. The molecule has 0 aliphatic rings. The molecule has 0 aromatic heterocycles. The molecule has 0 spiro atoms. The SMILES string of the molecule is CN(Cc1ccccc1Br)C(=O)[C@@](C)(O)c1ccccc1C(F)(F)F. The van der Waals surface area contributed by atoms with Crippen molar-refractivity contribution in [1.29, 1.82) is 0 Å². The van der Waals surface area contributed by atoms with Gasteiger partial charge < -0.3 is 10.0 Å². The molecule has 1 amide bonds. The molecular formula is C18H17BrF3NO2. The molecule has 0 saturated carbocycles. The Morgan fingerprint density at radius 3 is 2.16 bits per heavy atom. The lowest BCUT2D eigenvalue weighted by Crippen LogP contribution is -2.44. The number of carbonyl (C=O) groups excluding carboxylic acids is 1. The molecule has 0 fully saturated rings. The van der Waals surface area contributed by atoms with Crippen LogP contribution < -0.4 is 0 Å². The van der Waals surface area contributed by atoms with E-state index in [1.807, 2.05) is 6.07 Å². The first-order valence-electron chi connectivity index (χ1n) is 7.43. The van der Waals surface area contributed by atoms with Gasteiger partial charge in [0.05, 0.1) is 5.56 Å². The Labute approximate surface area is 152 Å². The van der Waals surface area contributed by atoms with Crippen molar-refractivity contribution in [2.75, 3.05) is 7.05 Å². The second-order valence-electron chi connectivity index (χ2n) is 5.87. The molecule has 2 aromatic rings. The van der Waals surface area contributed by atoms with Crippen LogP contribution in [0.5, 0.6) is 0 Å². The fraction of sp³-hybridized carbons (Fsp3) is 0.278.